The molecule has 0 bridgehead atoms. The van der Waals surface area contributed by atoms with Crippen LogP contribution in [0.4, 0.5) is 23.2 Å². The second-order valence-corrected chi connectivity index (χ2v) is 5.48. The van der Waals surface area contributed by atoms with Crippen molar-refractivity contribution in [3.63, 3.8) is 0 Å². The molecule has 1 amide bonds. The monoisotopic (exact) mass is 364 g/mol. The maximum atomic E-state index is 13.3. The molecule has 5 nitrogen and oxygen atoms in total. The number of hydrogen-bond acceptors (Lipinski definition) is 3. The summed E-state index contributed by atoms with van der Waals surface area (Å²) in [6, 6.07) is 8.67. The van der Waals surface area contributed by atoms with Crippen LogP contribution in [0.15, 0.2) is 48.7 Å². The Morgan fingerprint density at radius 2 is 1.88 bits per heavy atom. The molecule has 0 aliphatic rings. The maximum Gasteiger partial charge on any atom is 0.418 e. The van der Waals surface area contributed by atoms with Gasteiger partial charge >= 0.3 is 6.18 Å². The Morgan fingerprint density at radius 1 is 1.15 bits per heavy atom. The Kier molecular flexibility index (Phi) is 4.45. The van der Waals surface area contributed by atoms with Crippen LogP contribution in [0, 0.1) is 12.7 Å². The summed E-state index contributed by atoms with van der Waals surface area (Å²) >= 11 is 0. The molecule has 1 N–H and O–H groups in total. The number of carbonyl (C=O) groups is 1. The van der Waals surface area contributed by atoms with Crippen LogP contribution in [0.2, 0.25) is 0 Å². The number of nitrogens with one attached hydrogen (secondary N) is 1. The van der Waals surface area contributed by atoms with Gasteiger partial charge in [0, 0.05) is 5.69 Å². The lowest BCUT2D eigenvalue weighted by Gasteiger charge is -2.11. The van der Waals surface area contributed by atoms with E-state index in [0.29, 0.717) is 5.56 Å². The zero-order valence-electron chi connectivity index (χ0n) is 13.4. The van der Waals surface area contributed by atoms with Crippen LogP contribution < -0.4 is 5.32 Å². The van der Waals surface area contributed by atoms with Gasteiger partial charge in [0.05, 0.1) is 17.4 Å². The molecule has 9 heteroatoms. The lowest BCUT2D eigenvalue weighted by atomic mass is 10.1. The van der Waals surface area contributed by atoms with Crippen molar-refractivity contribution >= 4 is 11.6 Å². The quantitative estimate of drug-likeness (QED) is 0.715. The van der Waals surface area contributed by atoms with Gasteiger partial charge in [-0.1, -0.05) is 23.4 Å². The normalized spacial score (nSPS) is 11.4. The number of para-hydroxylation sites is 1. The standard InChI is InChI=1S/C17H12F4N4O/c1-10-6-7-11(18)8-13(10)22-16(26)14-9-25(24-23-14)15-5-3-2-4-12(15)17(19,20)21/h2-9H,1H3,(H,22,26). The van der Waals surface area contributed by atoms with Gasteiger partial charge in [0.25, 0.3) is 5.91 Å². The Bertz CT molecular complexity index is 965. The summed E-state index contributed by atoms with van der Waals surface area (Å²) in [5, 5.41) is 9.66. The Hall–Kier alpha value is -3.23. The van der Waals surface area contributed by atoms with E-state index in [9.17, 15) is 22.4 Å². The molecule has 0 aliphatic heterocycles. The van der Waals surface area contributed by atoms with E-state index in [1.807, 2.05) is 0 Å². The predicted octanol–water partition coefficient (Wildman–Crippen LogP) is 3.99. The molecular weight excluding hydrogens is 352 g/mol. The Morgan fingerprint density at radius 3 is 2.62 bits per heavy atom. The zero-order valence-corrected chi connectivity index (χ0v) is 13.4. The van der Waals surface area contributed by atoms with Crippen molar-refractivity contribution in [2.24, 2.45) is 0 Å². The average Bonchev–Trinajstić information content (AvgIpc) is 3.07. The van der Waals surface area contributed by atoms with Gasteiger partial charge in [0.2, 0.25) is 0 Å². The number of halogens is 4. The molecule has 1 aromatic heterocycles. The van der Waals surface area contributed by atoms with Gasteiger partial charge < -0.3 is 5.32 Å². The molecule has 1 heterocycles. The van der Waals surface area contributed by atoms with Crippen LogP contribution in [0.3, 0.4) is 0 Å². The Balaban J connectivity index is 1.89. The van der Waals surface area contributed by atoms with Crippen molar-refractivity contribution in [1.82, 2.24) is 15.0 Å². The van der Waals surface area contributed by atoms with Gasteiger partial charge in [-0.2, -0.15) is 13.2 Å². The minimum atomic E-state index is -4.58. The van der Waals surface area contributed by atoms with Crippen molar-refractivity contribution < 1.29 is 22.4 Å². The van der Waals surface area contributed by atoms with Gasteiger partial charge in [-0.05, 0) is 36.8 Å². The number of aryl methyl sites for hydroxylation is 1. The number of rotatable bonds is 3. The van der Waals surface area contributed by atoms with E-state index in [-0.39, 0.29) is 17.1 Å². The summed E-state index contributed by atoms with van der Waals surface area (Å²) < 4.78 is 53.4. The molecule has 0 saturated heterocycles. The fourth-order valence-electron chi connectivity index (χ4n) is 2.31. The first kappa shape index (κ1) is 17.6. The average molecular weight is 364 g/mol. The van der Waals surface area contributed by atoms with E-state index >= 15 is 0 Å². The van der Waals surface area contributed by atoms with E-state index in [2.05, 4.69) is 15.6 Å². The molecule has 0 spiro atoms. The molecule has 2 aromatic carbocycles. The maximum absolute atomic E-state index is 13.3. The minimum Gasteiger partial charge on any atom is -0.320 e. The van der Waals surface area contributed by atoms with Crippen molar-refractivity contribution in [2.45, 2.75) is 13.1 Å². The second kappa shape index (κ2) is 6.58. The van der Waals surface area contributed by atoms with E-state index in [1.165, 1.54) is 30.3 Å². The molecule has 0 radical (unpaired) electrons. The minimum absolute atomic E-state index is 0.203. The van der Waals surface area contributed by atoms with E-state index in [4.69, 9.17) is 0 Å². The number of amides is 1. The topological polar surface area (TPSA) is 59.8 Å². The van der Waals surface area contributed by atoms with Crippen molar-refractivity contribution in [1.29, 1.82) is 0 Å². The van der Waals surface area contributed by atoms with Gasteiger partial charge in [0.15, 0.2) is 5.69 Å². The molecular formula is C17H12F4N4O. The third-order valence-corrected chi connectivity index (χ3v) is 3.63. The van der Waals surface area contributed by atoms with E-state index in [1.54, 1.807) is 6.92 Å². The first-order chi connectivity index (χ1) is 12.3. The second-order valence-electron chi connectivity index (χ2n) is 5.48. The number of benzene rings is 2. The van der Waals surface area contributed by atoms with Gasteiger partial charge in [-0.25, -0.2) is 9.07 Å². The zero-order chi connectivity index (χ0) is 18.9. The van der Waals surface area contributed by atoms with Gasteiger partial charge in [-0.15, -0.1) is 5.10 Å². The predicted molar refractivity (Wildman–Crippen MR) is 85.5 cm³/mol. The lowest BCUT2D eigenvalue weighted by molar-refractivity contribution is -0.137. The van der Waals surface area contributed by atoms with Crippen LogP contribution >= 0.6 is 0 Å². The molecule has 0 unspecified atom stereocenters. The highest BCUT2D eigenvalue weighted by Crippen LogP contribution is 2.33. The molecule has 3 aromatic rings. The molecule has 3 rings (SSSR count). The number of hydrogen-bond donors (Lipinski definition) is 1. The fraction of sp³-hybridized carbons (Fsp3) is 0.118. The van der Waals surface area contributed by atoms with Crippen LogP contribution in [0.5, 0.6) is 0 Å². The van der Waals surface area contributed by atoms with Crippen LogP contribution in [-0.2, 0) is 6.18 Å². The number of carbonyl (C=O) groups excluding carboxylic acids is 1. The largest absolute Gasteiger partial charge is 0.418 e. The number of aromatic nitrogens is 3. The van der Waals surface area contributed by atoms with Gasteiger partial charge in [-0.3, -0.25) is 4.79 Å². The smallest absolute Gasteiger partial charge is 0.320 e. The Labute approximate surface area is 145 Å². The van der Waals surface area contributed by atoms with Gasteiger partial charge in [0.1, 0.15) is 5.82 Å². The molecule has 0 atom stereocenters. The van der Waals surface area contributed by atoms with Crippen LogP contribution in [0.25, 0.3) is 5.69 Å². The molecule has 0 aliphatic carbocycles. The van der Waals surface area contributed by atoms with Crippen molar-refractivity contribution in [3.8, 4) is 5.69 Å². The summed E-state index contributed by atoms with van der Waals surface area (Å²) in [6.07, 6.45) is -3.50. The third kappa shape index (κ3) is 3.56. The summed E-state index contributed by atoms with van der Waals surface area (Å²) in [6.45, 7) is 1.67. The van der Waals surface area contributed by atoms with Crippen molar-refractivity contribution in [3.05, 3.63) is 71.3 Å². The number of anilines is 1. The first-order valence-corrected chi connectivity index (χ1v) is 7.42. The fourth-order valence-corrected chi connectivity index (χ4v) is 2.31. The summed E-state index contributed by atoms with van der Waals surface area (Å²) in [7, 11) is 0. The third-order valence-electron chi connectivity index (χ3n) is 3.63. The summed E-state index contributed by atoms with van der Waals surface area (Å²) in [5.41, 5.74) is -0.508. The highest BCUT2D eigenvalue weighted by molar-refractivity contribution is 6.03. The molecule has 134 valence electrons. The molecule has 26 heavy (non-hydrogen) atoms. The van der Waals surface area contributed by atoms with Crippen molar-refractivity contribution in [2.75, 3.05) is 5.32 Å². The first-order valence-electron chi connectivity index (χ1n) is 7.42. The SMILES string of the molecule is Cc1ccc(F)cc1NC(=O)c1cn(-c2ccccc2C(F)(F)F)nn1. The number of alkyl halides is 3. The highest BCUT2D eigenvalue weighted by Gasteiger charge is 2.34. The number of nitrogens with zero attached hydrogens (tertiary/aromatic N) is 3. The van der Waals surface area contributed by atoms with E-state index in [0.717, 1.165) is 23.0 Å². The molecule has 0 saturated carbocycles. The molecule has 0 fully saturated rings. The highest BCUT2D eigenvalue weighted by atomic mass is 19.4. The van der Waals surface area contributed by atoms with Crippen LogP contribution in [0.1, 0.15) is 21.6 Å². The summed E-state index contributed by atoms with van der Waals surface area (Å²) in [5.74, 6) is -1.25. The van der Waals surface area contributed by atoms with E-state index < -0.39 is 23.5 Å². The summed E-state index contributed by atoms with van der Waals surface area (Å²) in [4.78, 5) is 12.2. The lowest BCUT2D eigenvalue weighted by Crippen LogP contribution is -2.13. The van der Waals surface area contributed by atoms with Crippen LogP contribution in [-0.4, -0.2) is 20.9 Å².